The van der Waals surface area contributed by atoms with Crippen LogP contribution in [0.1, 0.15) is 30.5 Å². The number of pyridine rings is 1. The Morgan fingerprint density at radius 2 is 1.71 bits per heavy atom. The number of fused-ring (bicyclic) bond motifs is 4. The van der Waals surface area contributed by atoms with Gasteiger partial charge in [0.2, 0.25) is 5.69 Å². The SMILES string of the molecule is Cc1ccc2c(oc3c(-c4ccc5c(c4)C(C)(C)CN5C)c(C#N)ccc32)c1-c1cccc[n+]1C. The number of hydrogen-bond acceptors (Lipinski definition) is 3. The third-order valence-electron chi connectivity index (χ3n) is 7.51. The summed E-state index contributed by atoms with van der Waals surface area (Å²) in [5, 5.41) is 12.2. The fourth-order valence-corrected chi connectivity index (χ4v) is 5.81. The molecule has 0 bridgehead atoms. The van der Waals surface area contributed by atoms with Crippen LogP contribution in [0, 0.1) is 18.3 Å². The molecule has 0 atom stereocenters. The van der Waals surface area contributed by atoms with E-state index in [1.807, 2.05) is 18.2 Å². The Hall–Kier alpha value is -4.10. The average Bonchev–Trinajstić information content (AvgIpc) is 3.32. The van der Waals surface area contributed by atoms with Crippen LogP contribution in [0.5, 0.6) is 0 Å². The van der Waals surface area contributed by atoms with Gasteiger partial charge in [-0.1, -0.05) is 32.0 Å². The van der Waals surface area contributed by atoms with Crippen molar-refractivity contribution < 1.29 is 8.98 Å². The first-order chi connectivity index (χ1) is 16.8. The molecule has 0 aliphatic carbocycles. The highest BCUT2D eigenvalue weighted by molar-refractivity contribution is 6.14. The number of furan rings is 1. The van der Waals surface area contributed by atoms with Gasteiger partial charge in [0.1, 0.15) is 18.2 Å². The van der Waals surface area contributed by atoms with Gasteiger partial charge in [-0.2, -0.15) is 5.26 Å². The van der Waals surface area contributed by atoms with Gasteiger partial charge in [0.25, 0.3) is 0 Å². The molecule has 35 heavy (non-hydrogen) atoms. The molecule has 0 N–H and O–H groups in total. The predicted molar refractivity (Wildman–Crippen MR) is 142 cm³/mol. The van der Waals surface area contributed by atoms with Crippen molar-refractivity contribution in [3.8, 4) is 28.5 Å². The van der Waals surface area contributed by atoms with Gasteiger partial charge in [0.15, 0.2) is 6.20 Å². The van der Waals surface area contributed by atoms with Gasteiger partial charge in [-0.05, 0) is 53.9 Å². The summed E-state index contributed by atoms with van der Waals surface area (Å²) in [7, 11) is 4.19. The van der Waals surface area contributed by atoms with Crippen molar-refractivity contribution in [2.45, 2.75) is 26.2 Å². The zero-order valence-corrected chi connectivity index (χ0v) is 20.8. The molecule has 0 spiro atoms. The molecule has 0 saturated carbocycles. The number of benzene rings is 3. The van der Waals surface area contributed by atoms with E-state index in [4.69, 9.17) is 4.42 Å². The van der Waals surface area contributed by atoms with Crippen molar-refractivity contribution in [1.82, 2.24) is 0 Å². The number of likely N-dealkylation sites (N-methyl/N-ethyl adjacent to an activating group) is 1. The summed E-state index contributed by atoms with van der Waals surface area (Å²) in [6, 6.07) is 23.4. The second-order valence-corrected chi connectivity index (χ2v) is 10.4. The number of rotatable bonds is 2. The van der Waals surface area contributed by atoms with E-state index in [0.717, 1.165) is 56.4 Å². The zero-order valence-electron chi connectivity index (χ0n) is 20.8. The molecule has 3 heterocycles. The van der Waals surface area contributed by atoms with Gasteiger partial charge in [-0.15, -0.1) is 0 Å². The summed E-state index contributed by atoms with van der Waals surface area (Å²) in [6.45, 7) is 7.65. The second-order valence-electron chi connectivity index (χ2n) is 10.4. The molecule has 2 aromatic heterocycles. The topological polar surface area (TPSA) is 44.1 Å². The highest BCUT2D eigenvalue weighted by Crippen LogP contribution is 2.45. The fourth-order valence-electron chi connectivity index (χ4n) is 5.81. The van der Waals surface area contributed by atoms with Crippen molar-refractivity contribution in [2.24, 2.45) is 7.05 Å². The molecule has 0 amide bonds. The molecule has 6 rings (SSSR count). The van der Waals surface area contributed by atoms with Gasteiger partial charge in [-0.25, -0.2) is 4.57 Å². The van der Waals surface area contributed by atoms with Crippen LogP contribution in [0.4, 0.5) is 5.69 Å². The minimum atomic E-state index is 0.0427. The monoisotopic (exact) mass is 458 g/mol. The summed E-state index contributed by atoms with van der Waals surface area (Å²) < 4.78 is 8.84. The maximum atomic E-state index is 10.1. The van der Waals surface area contributed by atoms with E-state index >= 15 is 0 Å². The molecule has 0 unspecified atom stereocenters. The lowest BCUT2D eigenvalue weighted by Gasteiger charge is -2.19. The smallest absolute Gasteiger partial charge is 0.216 e. The van der Waals surface area contributed by atoms with Crippen molar-refractivity contribution in [2.75, 3.05) is 18.5 Å². The molecule has 1 aliphatic heterocycles. The first kappa shape index (κ1) is 21.4. The largest absolute Gasteiger partial charge is 0.454 e. The molecular weight excluding hydrogens is 430 g/mol. The van der Waals surface area contributed by atoms with Crippen molar-refractivity contribution in [3.05, 3.63) is 83.6 Å². The number of nitriles is 1. The lowest BCUT2D eigenvalue weighted by molar-refractivity contribution is -0.660. The Kier molecular flexibility index (Phi) is 4.56. The number of anilines is 1. The maximum absolute atomic E-state index is 10.1. The minimum Gasteiger partial charge on any atom is -0.454 e. The number of nitrogens with zero attached hydrogens (tertiary/aromatic N) is 3. The zero-order chi connectivity index (χ0) is 24.5. The minimum absolute atomic E-state index is 0.0427. The van der Waals surface area contributed by atoms with Crippen LogP contribution in [0.3, 0.4) is 0 Å². The summed E-state index contributed by atoms with van der Waals surface area (Å²) in [6.07, 6.45) is 2.05. The molecule has 0 fully saturated rings. The number of aromatic nitrogens is 1. The molecule has 4 nitrogen and oxygen atoms in total. The van der Waals surface area contributed by atoms with Gasteiger partial charge in [-0.3, -0.25) is 0 Å². The van der Waals surface area contributed by atoms with E-state index < -0.39 is 0 Å². The van der Waals surface area contributed by atoms with Crippen LogP contribution >= 0.6 is 0 Å². The molecule has 4 heteroatoms. The molecule has 0 radical (unpaired) electrons. The second kappa shape index (κ2) is 7.45. The number of hydrogen-bond donors (Lipinski definition) is 0. The Balaban J connectivity index is 1.69. The molecular formula is C31H28N3O+. The van der Waals surface area contributed by atoms with E-state index in [-0.39, 0.29) is 5.41 Å². The predicted octanol–water partition coefficient (Wildman–Crippen LogP) is 6.65. The first-order valence-corrected chi connectivity index (χ1v) is 12.0. The van der Waals surface area contributed by atoms with E-state index in [9.17, 15) is 5.26 Å². The van der Waals surface area contributed by atoms with Gasteiger partial charge < -0.3 is 9.32 Å². The lowest BCUT2D eigenvalue weighted by Crippen LogP contribution is -2.30. The van der Waals surface area contributed by atoms with Gasteiger partial charge in [0.05, 0.1) is 17.2 Å². The molecule has 5 aromatic rings. The first-order valence-electron chi connectivity index (χ1n) is 12.0. The Labute approximate surface area is 205 Å². The molecule has 0 saturated heterocycles. The summed E-state index contributed by atoms with van der Waals surface area (Å²) in [5.41, 5.74) is 10.1. The van der Waals surface area contributed by atoms with Gasteiger partial charge >= 0.3 is 0 Å². The van der Waals surface area contributed by atoms with Crippen molar-refractivity contribution in [3.63, 3.8) is 0 Å². The van der Waals surface area contributed by atoms with Crippen LogP contribution in [-0.2, 0) is 12.5 Å². The third-order valence-corrected chi connectivity index (χ3v) is 7.51. The van der Waals surface area contributed by atoms with E-state index in [1.54, 1.807) is 0 Å². The fraction of sp³-hybridized carbons (Fsp3) is 0.226. The summed E-state index contributed by atoms with van der Waals surface area (Å²) in [5.74, 6) is 0. The highest BCUT2D eigenvalue weighted by Gasteiger charge is 2.34. The Morgan fingerprint density at radius 1 is 0.971 bits per heavy atom. The lowest BCUT2D eigenvalue weighted by atomic mass is 9.85. The van der Waals surface area contributed by atoms with E-state index in [2.05, 4.69) is 99.1 Å². The quantitative estimate of drug-likeness (QED) is 0.278. The van der Waals surface area contributed by atoms with E-state index in [1.165, 1.54) is 11.3 Å². The molecule has 3 aromatic carbocycles. The maximum Gasteiger partial charge on any atom is 0.216 e. The summed E-state index contributed by atoms with van der Waals surface area (Å²) in [4.78, 5) is 2.31. The van der Waals surface area contributed by atoms with Crippen LogP contribution in [-0.4, -0.2) is 13.6 Å². The van der Waals surface area contributed by atoms with Crippen LogP contribution < -0.4 is 9.47 Å². The van der Waals surface area contributed by atoms with Crippen LogP contribution in [0.15, 0.2) is 71.3 Å². The molecule has 1 aliphatic rings. The summed E-state index contributed by atoms with van der Waals surface area (Å²) >= 11 is 0. The molecule has 172 valence electrons. The van der Waals surface area contributed by atoms with Crippen molar-refractivity contribution in [1.29, 1.82) is 5.26 Å². The van der Waals surface area contributed by atoms with Gasteiger partial charge in [0, 0.05) is 53.2 Å². The van der Waals surface area contributed by atoms with E-state index in [0.29, 0.717) is 5.56 Å². The van der Waals surface area contributed by atoms with Crippen LogP contribution in [0.2, 0.25) is 0 Å². The standard InChI is InChI=1S/C31H28N3O/c1-19-9-12-22-23-13-10-21(17-32)28(20-11-14-25-24(16-20)31(2,3)18-34(25)5)30(23)35-29(22)27(19)26-8-6-7-15-33(26)4/h6-16H,18H2,1-5H3/q+1. The van der Waals surface area contributed by atoms with Crippen LogP contribution in [0.25, 0.3) is 44.3 Å². The number of aryl methyl sites for hydroxylation is 2. The Morgan fingerprint density at radius 3 is 2.46 bits per heavy atom. The normalized spacial score (nSPS) is 14.5. The average molecular weight is 459 g/mol. The van der Waals surface area contributed by atoms with Crippen molar-refractivity contribution >= 4 is 27.6 Å². The highest BCUT2D eigenvalue weighted by atomic mass is 16.3. The Bertz CT molecular complexity index is 1700. The third kappa shape index (κ3) is 3.08.